The first-order valence-electron chi connectivity index (χ1n) is 8.33. The SMILES string of the molecule is O[C@H]1CCCCC(F)(F)[C@@H]1n1c2ccc(F)cc2c2cc(Cl)ccc21. The molecule has 1 aliphatic rings. The van der Waals surface area contributed by atoms with Gasteiger partial charge in [0.05, 0.1) is 6.10 Å². The van der Waals surface area contributed by atoms with Crippen molar-refractivity contribution in [3.8, 4) is 0 Å². The quantitative estimate of drug-likeness (QED) is 0.548. The molecule has 2 aromatic carbocycles. The summed E-state index contributed by atoms with van der Waals surface area (Å²) in [4.78, 5) is 0. The molecule has 25 heavy (non-hydrogen) atoms. The standard InChI is InChI=1S/C19H17ClF3NO/c20-11-4-6-15-13(9-11)14-10-12(21)5-7-16(14)24(15)18-17(25)3-1-2-8-19(18,22)23/h4-7,9-10,17-18,25H,1-3,8H2/t17-,18+/m0/s1. The topological polar surface area (TPSA) is 25.2 Å². The van der Waals surface area contributed by atoms with Gasteiger partial charge in [-0.1, -0.05) is 18.0 Å². The van der Waals surface area contributed by atoms with Gasteiger partial charge < -0.3 is 9.67 Å². The first kappa shape index (κ1) is 16.7. The minimum Gasteiger partial charge on any atom is -0.391 e. The van der Waals surface area contributed by atoms with Gasteiger partial charge in [0.15, 0.2) is 0 Å². The molecule has 1 saturated carbocycles. The Morgan fingerprint density at radius 3 is 2.48 bits per heavy atom. The summed E-state index contributed by atoms with van der Waals surface area (Å²) in [6.07, 6.45) is -0.193. The fourth-order valence-electron chi connectivity index (χ4n) is 3.96. The maximum Gasteiger partial charge on any atom is 0.270 e. The van der Waals surface area contributed by atoms with E-state index in [-0.39, 0.29) is 6.42 Å². The van der Waals surface area contributed by atoms with Crippen LogP contribution in [0.15, 0.2) is 36.4 Å². The lowest BCUT2D eigenvalue weighted by Crippen LogP contribution is -2.37. The van der Waals surface area contributed by atoms with Crippen LogP contribution in [-0.4, -0.2) is 21.7 Å². The highest BCUT2D eigenvalue weighted by molar-refractivity contribution is 6.31. The van der Waals surface area contributed by atoms with E-state index >= 15 is 0 Å². The first-order chi connectivity index (χ1) is 11.9. The van der Waals surface area contributed by atoms with Crippen LogP contribution in [0.1, 0.15) is 31.7 Å². The van der Waals surface area contributed by atoms with E-state index in [0.717, 1.165) is 0 Å². The van der Waals surface area contributed by atoms with Crippen molar-refractivity contribution < 1.29 is 18.3 Å². The van der Waals surface area contributed by atoms with Crippen molar-refractivity contribution in [1.82, 2.24) is 4.57 Å². The number of nitrogens with zero attached hydrogens (tertiary/aromatic N) is 1. The lowest BCUT2D eigenvalue weighted by Gasteiger charge is -2.31. The maximum atomic E-state index is 14.9. The first-order valence-corrected chi connectivity index (χ1v) is 8.71. The molecule has 4 rings (SSSR count). The summed E-state index contributed by atoms with van der Waals surface area (Å²) in [6.45, 7) is 0. The summed E-state index contributed by atoms with van der Waals surface area (Å²) in [5.74, 6) is -3.50. The van der Waals surface area contributed by atoms with Crippen LogP contribution < -0.4 is 0 Å². The number of aromatic nitrogens is 1. The third kappa shape index (κ3) is 2.70. The van der Waals surface area contributed by atoms with Gasteiger partial charge in [-0.05, 0) is 49.2 Å². The van der Waals surface area contributed by atoms with E-state index in [1.54, 1.807) is 18.2 Å². The molecular weight excluding hydrogens is 351 g/mol. The van der Waals surface area contributed by atoms with Crippen LogP contribution in [-0.2, 0) is 0 Å². The minimum absolute atomic E-state index is 0.273. The molecule has 1 aliphatic carbocycles. The van der Waals surface area contributed by atoms with Gasteiger partial charge in [0.25, 0.3) is 5.92 Å². The number of alkyl halides is 2. The maximum absolute atomic E-state index is 14.9. The Bertz CT molecular complexity index is 893. The molecule has 1 aromatic heterocycles. The zero-order valence-electron chi connectivity index (χ0n) is 13.4. The molecule has 1 fully saturated rings. The summed E-state index contributed by atoms with van der Waals surface area (Å²) in [7, 11) is 0. The van der Waals surface area contributed by atoms with Crippen molar-refractivity contribution in [2.45, 2.75) is 43.8 Å². The van der Waals surface area contributed by atoms with E-state index in [1.165, 1.54) is 22.8 Å². The summed E-state index contributed by atoms with van der Waals surface area (Å²) < 4.78 is 45.0. The molecule has 2 nitrogen and oxygen atoms in total. The van der Waals surface area contributed by atoms with Crippen molar-refractivity contribution in [3.05, 3.63) is 47.2 Å². The highest BCUT2D eigenvalue weighted by Crippen LogP contribution is 2.45. The average molecular weight is 368 g/mol. The number of benzene rings is 2. The van der Waals surface area contributed by atoms with Crippen LogP contribution in [0.25, 0.3) is 21.8 Å². The van der Waals surface area contributed by atoms with Gasteiger partial charge in [-0.2, -0.15) is 0 Å². The molecule has 0 saturated heterocycles. The molecule has 2 atom stereocenters. The molecule has 0 bridgehead atoms. The lowest BCUT2D eigenvalue weighted by atomic mass is 10.0. The van der Waals surface area contributed by atoms with E-state index in [4.69, 9.17) is 11.6 Å². The molecule has 0 aliphatic heterocycles. The Kier molecular flexibility index (Phi) is 3.96. The van der Waals surface area contributed by atoms with E-state index < -0.39 is 23.9 Å². The second-order valence-corrected chi connectivity index (χ2v) is 7.15. The van der Waals surface area contributed by atoms with Crippen molar-refractivity contribution in [2.24, 2.45) is 0 Å². The third-order valence-electron chi connectivity index (χ3n) is 5.06. The van der Waals surface area contributed by atoms with Gasteiger partial charge in [0.2, 0.25) is 0 Å². The Morgan fingerprint density at radius 2 is 1.72 bits per heavy atom. The fourth-order valence-corrected chi connectivity index (χ4v) is 4.13. The normalized spacial score (nSPS) is 23.9. The Hall–Kier alpha value is -1.72. The van der Waals surface area contributed by atoms with Crippen LogP contribution in [0.2, 0.25) is 5.02 Å². The number of hydrogen-bond acceptors (Lipinski definition) is 1. The number of hydrogen-bond donors (Lipinski definition) is 1. The van der Waals surface area contributed by atoms with Crippen molar-refractivity contribution in [2.75, 3.05) is 0 Å². The molecule has 3 aromatic rings. The zero-order chi connectivity index (χ0) is 17.8. The van der Waals surface area contributed by atoms with Crippen LogP contribution in [0.3, 0.4) is 0 Å². The molecule has 1 N–H and O–H groups in total. The van der Waals surface area contributed by atoms with Gasteiger partial charge in [-0.15, -0.1) is 0 Å². The smallest absolute Gasteiger partial charge is 0.270 e. The number of aliphatic hydroxyl groups excluding tert-OH is 1. The number of halogens is 4. The van der Waals surface area contributed by atoms with Gasteiger partial charge >= 0.3 is 0 Å². The van der Waals surface area contributed by atoms with Crippen LogP contribution in [0, 0.1) is 5.82 Å². The third-order valence-corrected chi connectivity index (χ3v) is 5.30. The van der Waals surface area contributed by atoms with Gasteiger partial charge in [0, 0.05) is 33.2 Å². The summed E-state index contributed by atoms with van der Waals surface area (Å²) in [6, 6.07) is 7.61. The zero-order valence-corrected chi connectivity index (χ0v) is 14.1. The molecule has 0 radical (unpaired) electrons. The fraction of sp³-hybridized carbons (Fsp3) is 0.368. The second-order valence-electron chi connectivity index (χ2n) is 6.71. The van der Waals surface area contributed by atoms with Crippen molar-refractivity contribution in [1.29, 1.82) is 0 Å². The monoisotopic (exact) mass is 367 g/mol. The van der Waals surface area contributed by atoms with Gasteiger partial charge in [-0.25, -0.2) is 13.2 Å². The minimum atomic E-state index is -3.05. The van der Waals surface area contributed by atoms with E-state index in [2.05, 4.69) is 0 Å². The molecule has 0 spiro atoms. The molecule has 1 heterocycles. The summed E-state index contributed by atoms with van der Waals surface area (Å²) >= 11 is 6.06. The van der Waals surface area contributed by atoms with E-state index in [9.17, 15) is 18.3 Å². The highest BCUT2D eigenvalue weighted by atomic mass is 35.5. The predicted octanol–water partition coefficient (Wildman–Crippen LogP) is 5.70. The Balaban J connectivity index is 2.08. The molecule has 0 amide bonds. The average Bonchev–Trinajstić information content (AvgIpc) is 2.77. The number of rotatable bonds is 1. The molecule has 0 unspecified atom stereocenters. The Morgan fingerprint density at radius 1 is 1.04 bits per heavy atom. The molecule has 6 heteroatoms. The van der Waals surface area contributed by atoms with Crippen LogP contribution in [0.4, 0.5) is 13.2 Å². The van der Waals surface area contributed by atoms with Gasteiger partial charge in [-0.3, -0.25) is 0 Å². The van der Waals surface area contributed by atoms with Crippen LogP contribution in [0.5, 0.6) is 0 Å². The largest absolute Gasteiger partial charge is 0.391 e. The molecular formula is C19H17ClF3NO. The Labute approximate surface area is 147 Å². The van der Waals surface area contributed by atoms with Crippen molar-refractivity contribution >= 4 is 33.4 Å². The highest BCUT2D eigenvalue weighted by Gasteiger charge is 2.47. The number of fused-ring (bicyclic) bond motifs is 3. The van der Waals surface area contributed by atoms with E-state index in [0.29, 0.717) is 46.1 Å². The molecule has 132 valence electrons. The van der Waals surface area contributed by atoms with Gasteiger partial charge in [0.1, 0.15) is 11.9 Å². The van der Waals surface area contributed by atoms with Crippen molar-refractivity contribution in [3.63, 3.8) is 0 Å². The summed E-state index contributed by atoms with van der Waals surface area (Å²) in [5, 5.41) is 12.1. The van der Waals surface area contributed by atoms with E-state index in [1.807, 2.05) is 0 Å². The summed E-state index contributed by atoms with van der Waals surface area (Å²) in [5.41, 5.74) is 1.000. The van der Waals surface area contributed by atoms with Crippen LogP contribution >= 0.6 is 11.6 Å². The predicted molar refractivity (Wildman–Crippen MR) is 92.9 cm³/mol. The second kappa shape index (κ2) is 5.92. The lowest BCUT2D eigenvalue weighted by molar-refractivity contribution is -0.0901. The number of aliphatic hydroxyl groups is 1.